The molecule has 0 radical (unpaired) electrons. The number of aliphatic hydroxyl groups is 1. The summed E-state index contributed by atoms with van der Waals surface area (Å²) in [6.45, 7) is 4.59. The number of hydrogen-bond acceptors (Lipinski definition) is 6. The third-order valence-corrected chi connectivity index (χ3v) is 4.42. The second-order valence-corrected chi connectivity index (χ2v) is 6.68. The third-order valence-electron chi connectivity index (χ3n) is 4.42. The number of nitrogens with zero attached hydrogens (tertiary/aromatic N) is 1. The maximum atomic E-state index is 10.5. The number of aliphatic hydroxyl groups excluding tert-OH is 1. The van der Waals surface area contributed by atoms with Gasteiger partial charge in [0.1, 0.15) is 30.0 Å². The summed E-state index contributed by atoms with van der Waals surface area (Å²) in [7, 11) is 4.94. The van der Waals surface area contributed by atoms with E-state index in [1.54, 1.807) is 21.3 Å². The molecule has 154 valence electrons. The zero-order chi connectivity index (χ0) is 20.4. The molecule has 0 saturated heterocycles. The normalized spacial score (nSPS) is 12.1. The van der Waals surface area contributed by atoms with Gasteiger partial charge in [-0.2, -0.15) is 0 Å². The van der Waals surface area contributed by atoms with Gasteiger partial charge >= 0.3 is 0 Å². The van der Waals surface area contributed by atoms with Crippen molar-refractivity contribution in [2.24, 2.45) is 0 Å². The molecule has 0 amide bonds. The highest BCUT2D eigenvalue weighted by atomic mass is 16.5. The Morgan fingerprint density at radius 1 is 1.00 bits per heavy atom. The fourth-order valence-electron chi connectivity index (χ4n) is 2.93. The highest BCUT2D eigenvalue weighted by molar-refractivity contribution is 5.38. The molecule has 6 nitrogen and oxygen atoms in total. The minimum Gasteiger partial charge on any atom is -0.497 e. The Morgan fingerprint density at radius 2 is 1.68 bits per heavy atom. The van der Waals surface area contributed by atoms with Gasteiger partial charge in [0.25, 0.3) is 0 Å². The highest BCUT2D eigenvalue weighted by Gasteiger charge is 2.15. The summed E-state index contributed by atoms with van der Waals surface area (Å²) in [6.07, 6.45) is -0.621. The third kappa shape index (κ3) is 7.03. The topological polar surface area (TPSA) is 60.4 Å². The van der Waals surface area contributed by atoms with Gasteiger partial charge in [0.2, 0.25) is 0 Å². The fraction of sp³-hybridized carbons (Fsp3) is 0.455. The first-order valence-electron chi connectivity index (χ1n) is 9.35. The zero-order valence-electron chi connectivity index (χ0n) is 17.2. The van der Waals surface area contributed by atoms with Crippen LogP contribution in [0.3, 0.4) is 0 Å². The molecule has 0 aromatic heterocycles. The Labute approximate surface area is 167 Å². The standard InChI is InChI=1S/C22H31NO5/c1-17-7-5-6-8-22(17)28-16-19(24)15-23(9-10-25-2)14-18-11-20(26-3)13-21(12-18)27-4/h5-8,11-13,19,24H,9-10,14-16H2,1-4H3. The van der Waals surface area contributed by atoms with Crippen molar-refractivity contribution in [3.05, 3.63) is 53.6 Å². The molecule has 28 heavy (non-hydrogen) atoms. The molecule has 2 aromatic carbocycles. The second-order valence-electron chi connectivity index (χ2n) is 6.68. The zero-order valence-corrected chi connectivity index (χ0v) is 17.2. The van der Waals surface area contributed by atoms with Gasteiger partial charge in [-0.25, -0.2) is 0 Å². The Morgan fingerprint density at radius 3 is 2.29 bits per heavy atom. The molecule has 0 fully saturated rings. The smallest absolute Gasteiger partial charge is 0.122 e. The van der Waals surface area contributed by atoms with E-state index < -0.39 is 6.10 Å². The van der Waals surface area contributed by atoms with Gasteiger partial charge in [-0.15, -0.1) is 0 Å². The van der Waals surface area contributed by atoms with Crippen LogP contribution in [0.1, 0.15) is 11.1 Å². The van der Waals surface area contributed by atoms with E-state index in [0.29, 0.717) is 26.2 Å². The van der Waals surface area contributed by atoms with Crippen LogP contribution in [0.25, 0.3) is 0 Å². The predicted octanol–water partition coefficient (Wildman–Crippen LogP) is 2.90. The summed E-state index contributed by atoms with van der Waals surface area (Å²) < 4.78 is 21.7. The number of methoxy groups -OCH3 is 3. The summed E-state index contributed by atoms with van der Waals surface area (Å²) in [5, 5.41) is 10.5. The number of rotatable bonds is 12. The molecule has 2 rings (SSSR count). The Hall–Kier alpha value is -2.28. The molecule has 1 atom stereocenters. The van der Waals surface area contributed by atoms with Crippen molar-refractivity contribution < 1.29 is 24.1 Å². The number of ether oxygens (including phenoxy) is 4. The fourth-order valence-corrected chi connectivity index (χ4v) is 2.93. The molecule has 0 heterocycles. The van der Waals surface area contributed by atoms with Crippen LogP contribution in [0.4, 0.5) is 0 Å². The summed E-state index contributed by atoms with van der Waals surface area (Å²) in [5.41, 5.74) is 2.09. The van der Waals surface area contributed by atoms with Crippen LogP contribution >= 0.6 is 0 Å². The minimum atomic E-state index is -0.621. The maximum Gasteiger partial charge on any atom is 0.122 e. The van der Waals surface area contributed by atoms with E-state index in [2.05, 4.69) is 4.90 Å². The number of benzene rings is 2. The number of aryl methyl sites for hydroxylation is 1. The van der Waals surface area contributed by atoms with Crippen LogP contribution in [-0.2, 0) is 11.3 Å². The number of hydrogen-bond donors (Lipinski definition) is 1. The predicted molar refractivity (Wildman–Crippen MR) is 109 cm³/mol. The largest absolute Gasteiger partial charge is 0.497 e. The Kier molecular flexibility index (Phi) is 9.07. The van der Waals surface area contributed by atoms with E-state index in [4.69, 9.17) is 18.9 Å². The molecule has 2 aromatic rings. The minimum absolute atomic E-state index is 0.232. The Bertz CT molecular complexity index is 700. The van der Waals surface area contributed by atoms with E-state index >= 15 is 0 Å². The lowest BCUT2D eigenvalue weighted by atomic mass is 10.1. The molecular weight excluding hydrogens is 358 g/mol. The second kappa shape index (κ2) is 11.5. The van der Waals surface area contributed by atoms with Crippen LogP contribution in [0, 0.1) is 6.92 Å². The summed E-state index contributed by atoms with van der Waals surface area (Å²) >= 11 is 0. The van der Waals surface area contributed by atoms with Crippen molar-refractivity contribution in [1.82, 2.24) is 4.90 Å². The van der Waals surface area contributed by atoms with E-state index in [1.807, 2.05) is 49.4 Å². The van der Waals surface area contributed by atoms with Crippen molar-refractivity contribution >= 4 is 0 Å². The lowest BCUT2D eigenvalue weighted by Gasteiger charge is -2.25. The van der Waals surface area contributed by atoms with E-state index in [9.17, 15) is 5.11 Å². The average molecular weight is 389 g/mol. The molecule has 0 bridgehead atoms. The van der Waals surface area contributed by atoms with Gasteiger partial charge in [-0.3, -0.25) is 4.90 Å². The molecule has 6 heteroatoms. The summed E-state index contributed by atoms with van der Waals surface area (Å²) in [6, 6.07) is 13.6. The Balaban J connectivity index is 1.99. The van der Waals surface area contributed by atoms with E-state index in [-0.39, 0.29) is 6.61 Å². The van der Waals surface area contributed by atoms with Gasteiger partial charge in [0, 0.05) is 32.8 Å². The molecule has 0 aliphatic heterocycles. The van der Waals surface area contributed by atoms with Crippen LogP contribution in [0.5, 0.6) is 17.2 Å². The van der Waals surface area contributed by atoms with Crippen LogP contribution in [0.2, 0.25) is 0 Å². The lowest BCUT2D eigenvalue weighted by Crippen LogP contribution is -2.37. The maximum absolute atomic E-state index is 10.5. The van der Waals surface area contributed by atoms with Crippen molar-refractivity contribution in [1.29, 1.82) is 0 Å². The van der Waals surface area contributed by atoms with Crippen LogP contribution < -0.4 is 14.2 Å². The molecule has 0 saturated carbocycles. The quantitative estimate of drug-likeness (QED) is 0.602. The first-order chi connectivity index (χ1) is 13.5. The van der Waals surface area contributed by atoms with Gasteiger partial charge in [-0.05, 0) is 36.2 Å². The molecule has 0 spiro atoms. The molecular formula is C22H31NO5. The van der Waals surface area contributed by atoms with Crippen molar-refractivity contribution in [3.8, 4) is 17.2 Å². The van der Waals surface area contributed by atoms with Crippen molar-refractivity contribution in [3.63, 3.8) is 0 Å². The van der Waals surface area contributed by atoms with Gasteiger partial charge in [0.05, 0.1) is 20.8 Å². The summed E-state index contributed by atoms with van der Waals surface area (Å²) in [5.74, 6) is 2.27. The highest BCUT2D eigenvalue weighted by Crippen LogP contribution is 2.23. The first kappa shape index (κ1) is 22.0. The molecule has 1 N–H and O–H groups in total. The summed E-state index contributed by atoms with van der Waals surface area (Å²) in [4.78, 5) is 2.13. The van der Waals surface area contributed by atoms with Crippen LogP contribution in [0.15, 0.2) is 42.5 Å². The SMILES string of the molecule is COCCN(Cc1cc(OC)cc(OC)c1)CC(O)COc1ccccc1C. The monoisotopic (exact) mass is 389 g/mol. The molecule has 0 aliphatic carbocycles. The first-order valence-corrected chi connectivity index (χ1v) is 9.35. The molecule has 1 unspecified atom stereocenters. The average Bonchev–Trinajstić information content (AvgIpc) is 2.71. The van der Waals surface area contributed by atoms with Gasteiger partial charge < -0.3 is 24.1 Å². The lowest BCUT2D eigenvalue weighted by molar-refractivity contribution is 0.0540. The van der Waals surface area contributed by atoms with Gasteiger partial charge in [-0.1, -0.05) is 18.2 Å². The van der Waals surface area contributed by atoms with Crippen molar-refractivity contribution in [2.45, 2.75) is 19.6 Å². The van der Waals surface area contributed by atoms with Crippen LogP contribution in [-0.4, -0.2) is 63.7 Å². The molecule has 0 aliphatic rings. The van der Waals surface area contributed by atoms with E-state index in [1.165, 1.54) is 0 Å². The van der Waals surface area contributed by atoms with Gasteiger partial charge in [0.15, 0.2) is 0 Å². The van der Waals surface area contributed by atoms with Crippen molar-refractivity contribution in [2.75, 3.05) is 47.6 Å². The van der Waals surface area contributed by atoms with E-state index in [0.717, 1.165) is 28.4 Å². The number of para-hydroxylation sites is 1.